The van der Waals surface area contributed by atoms with Gasteiger partial charge in [-0.2, -0.15) is 0 Å². The lowest BCUT2D eigenvalue weighted by Crippen LogP contribution is -2.53. The van der Waals surface area contributed by atoms with Crippen molar-refractivity contribution in [3.05, 3.63) is 65.9 Å². The first kappa shape index (κ1) is 23.0. The number of anilines is 1. The first-order valence-electron chi connectivity index (χ1n) is 11.7. The standard InChI is InChI=1S/C26H32N4O3/c1-3-4-5-24-17-29(16-21-11-19(2)10-20(12-21)13-25(31)32)7-8-30(24)26-27-14-23(15-28-26)22-6-9-33-18-22/h6,9-12,14-15,18,24H,3-5,7-8,13,16-17H2,1-2H3,(H,31,32)/t24-/m1/s1. The summed E-state index contributed by atoms with van der Waals surface area (Å²) in [7, 11) is 0. The quantitative estimate of drug-likeness (QED) is 0.514. The normalized spacial score (nSPS) is 16.8. The first-order valence-corrected chi connectivity index (χ1v) is 11.7. The molecule has 174 valence electrons. The van der Waals surface area contributed by atoms with Gasteiger partial charge in [0, 0.05) is 55.7 Å². The molecule has 2 aromatic heterocycles. The number of aromatic nitrogens is 2. The summed E-state index contributed by atoms with van der Waals surface area (Å²) in [6.45, 7) is 7.80. The zero-order valence-corrected chi connectivity index (χ0v) is 19.4. The highest BCUT2D eigenvalue weighted by atomic mass is 16.4. The number of hydrogen-bond donors (Lipinski definition) is 1. The van der Waals surface area contributed by atoms with Gasteiger partial charge in [-0.1, -0.05) is 43.5 Å². The second kappa shape index (κ2) is 10.6. The fourth-order valence-corrected chi connectivity index (χ4v) is 4.63. The summed E-state index contributed by atoms with van der Waals surface area (Å²) in [5.74, 6) is -0.0131. The summed E-state index contributed by atoms with van der Waals surface area (Å²) in [5.41, 5.74) is 5.08. The Morgan fingerprint density at radius 1 is 1.15 bits per heavy atom. The van der Waals surface area contributed by atoms with E-state index in [0.29, 0.717) is 6.04 Å². The highest BCUT2D eigenvalue weighted by Gasteiger charge is 2.28. The van der Waals surface area contributed by atoms with Crippen LogP contribution in [0.5, 0.6) is 0 Å². The largest absolute Gasteiger partial charge is 0.481 e. The number of rotatable bonds is 9. The van der Waals surface area contributed by atoms with Gasteiger partial charge in [0.15, 0.2) is 0 Å². The van der Waals surface area contributed by atoms with Crippen molar-refractivity contribution >= 4 is 11.9 Å². The Morgan fingerprint density at radius 2 is 1.94 bits per heavy atom. The van der Waals surface area contributed by atoms with Crippen LogP contribution in [0.1, 0.15) is 42.9 Å². The summed E-state index contributed by atoms with van der Waals surface area (Å²) >= 11 is 0. The smallest absolute Gasteiger partial charge is 0.307 e. The molecule has 1 atom stereocenters. The third-order valence-electron chi connectivity index (χ3n) is 6.17. The van der Waals surface area contributed by atoms with Crippen LogP contribution in [0.2, 0.25) is 0 Å². The molecular weight excluding hydrogens is 416 g/mol. The van der Waals surface area contributed by atoms with Crippen molar-refractivity contribution in [2.24, 2.45) is 0 Å². The van der Waals surface area contributed by atoms with E-state index < -0.39 is 5.97 Å². The van der Waals surface area contributed by atoms with Gasteiger partial charge >= 0.3 is 5.97 Å². The lowest BCUT2D eigenvalue weighted by molar-refractivity contribution is -0.136. The maximum Gasteiger partial charge on any atom is 0.307 e. The molecule has 0 aliphatic carbocycles. The van der Waals surface area contributed by atoms with E-state index in [2.05, 4.69) is 32.8 Å². The van der Waals surface area contributed by atoms with Crippen molar-refractivity contribution in [3.8, 4) is 11.1 Å². The SMILES string of the molecule is CCCC[C@@H]1CN(Cc2cc(C)cc(CC(=O)O)c2)CCN1c1ncc(-c2ccoc2)cn1. The predicted octanol–water partition coefficient (Wildman–Crippen LogP) is 4.55. The van der Waals surface area contributed by atoms with Crippen LogP contribution in [0.25, 0.3) is 11.1 Å². The fraction of sp³-hybridized carbons (Fsp3) is 0.423. The second-order valence-corrected chi connectivity index (χ2v) is 8.91. The number of unbranched alkanes of at least 4 members (excludes halogenated alkanes) is 1. The van der Waals surface area contributed by atoms with Crippen molar-refractivity contribution in [2.45, 2.75) is 52.1 Å². The number of carboxylic acid groups (broad SMARTS) is 1. The van der Waals surface area contributed by atoms with Crippen molar-refractivity contribution in [1.29, 1.82) is 0 Å². The zero-order valence-electron chi connectivity index (χ0n) is 19.4. The van der Waals surface area contributed by atoms with Crippen LogP contribution in [0, 0.1) is 6.92 Å². The van der Waals surface area contributed by atoms with Crippen LogP contribution in [0.15, 0.2) is 53.6 Å². The van der Waals surface area contributed by atoms with E-state index in [1.54, 1.807) is 12.5 Å². The van der Waals surface area contributed by atoms with E-state index in [-0.39, 0.29) is 6.42 Å². The van der Waals surface area contributed by atoms with E-state index in [9.17, 15) is 4.79 Å². The van der Waals surface area contributed by atoms with Crippen LogP contribution < -0.4 is 4.90 Å². The van der Waals surface area contributed by atoms with Gasteiger partial charge in [0.25, 0.3) is 0 Å². The molecule has 1 aromatic carbocycles. The minimum atomic E-state index is -0.793. The number of nitrogens with zero attached hydrogens (tertiary/aromatic N) is 4. The number of carbonyl (C=O) groups is 1. The number of furan rings is 1. The molecule has 1 aliphatic heterocycles. The van der Waals surface area contributed by atoms with Gasteiger partial charge in [-0.15, -0.1) is 0 Å². The molecule has 0 unspecified atom stereocenters. The lowest BCUT2D eigenvalue weighted by Gasteiger charge is -2.41. The molecule has 1 saturated heterocycles. The summed E-state index contributed by atoms with van der Waals surface area (Å²) in [5, 5.41) is 9.16. The van der Waals surface area contributed by atoms with Crippen molar-refractivity contribution in [1.82, 2.24) is 14.9 Å². The first-order chi connectivity index (χ1) is 16.0. The maximum atomic E-state index is 11.2. The number of benzene rings is 1. The van der Waals surface area contributed by atoms with Crippen LogP contribution in [-0.4, -0.2) is 51.6 Å². The molecule has 33 heavy (non-hydrogen) atoms. The predicted molar refractivity (Wildman–Crippen MR) is 128 cm³/mol. The van der Waals surface area contributed by atoms with Crippen LogP contribution in [0.3, 0.4) is 0 Å². The average Bonchev–Trinajstić information content (AvgIpc) is 3.32. The average molecular weight is 449 g/mol. The van der Waals surface area contributed by atoms with Gasteiger partial charge in [-0.3, -0.25) is 9.69 Å². The fourth-order valence-electron chi connectivity index (χ4n) is 4.63. The molecule has 7 nitrogen and oxygen atoms in total. The van der Waals surface area contributed by atoms with Gasteiger partial charge in [0.05, 0.1) is 18.9 Å². The van der Waals surface area contributed by atoms with Gasteiger partial charge in [-0.05, 0) is 30.5 Å². The molecule has 3 aromatic rings. The number of aliphatic carboxylic acids is 1. The molecule has 0 spiro atoms. The van der Waals surface area contributed by atoms with Gasteiger partial charge in [0.2, 0.25) is 5.95 Å². The zero-order chi connectivity index (χ0) is 23.2. The van der Waals surface area contributed by atoms with Crippen LogP contribution >= 0.6 is 0 Å². The molecule has 1 aliphatic rings. The third kappa shape index (κ3) is 5.99. The van der Waals surface area contributed by atoms with E-state index in [0.717, 1.165) is 73.6 Å². The van der Waals surface area contributed by atoms with Gasteiger partial charge in [-0.25, -0.2) is 9.97 Å². The second-order valence-electron chi connectivity index (χ2n) is 8.91. The summed E-state index contributed by atoms with van der Waals surface area (Å²) < 4.78 is 5.17. The van der Waals surface area contributed by atoms with E-state index in [1.807, 2.05) is 37.5 Å². The van der Waals surface area contributed by atoms with Crippen LogP contribution in [0.4, 0.5) is 5.95 Å². The van der Waals surface area contributed by atoms with Gasteiger partial charge < -0.3 is 14.4 Å². The summed E-state index contributed by atoms with van der Waals surface area (Å²) in [6, 6.07) is 8.42. The molecule has 0 amide bonds. The molecule has 1 N–H and O–H groups in total. The highest BCUT2D eigenvalue weighted by Crippen LogP contribution is 2.24. The van der Waals surface area contributed by atoms with E-state index in [1.165, 1.54) is 5.56 Å². The Hall–Kier alpha value is -3.19. The summed E-state index contributed by atoms with van der Waals surface area (Å²) in [6.07, 6.45) is 10.6. The molecule has 0 saturated carbocycles. The van der Waals surface area contributed by atoms with E-state index >= 15 is 0 Å². The highest BCUT2D eigenvalue weighted by molar-refractivity contribution is 5.70. The van der Waals surface area contributed by atoms with Crippen molar-refractivity contribution in [2.75, 3.05) is 24.5 Å². The number of aryl methyl sites for hydroxylation is 1. The minimum Gasteiger partial charge on any atom is -0.481 e. The Balaban J connectivity index is 1.46. The molecule has 4 rings (SSSR count). The molecule has 7 heteroatoms. The van der Waals surface area contributed by atoms with Crippen LogP contribution in [-0.2, 0) is 17.8 Å². The molecule has 1 fully saturated rings. The molecule has 0 radical (unpaired) electrons. The Kier molecular flexibility index (Phi) is 7.40. The lowest BCUT2D eigenvalue weighted by atomic mass is 10.0. The Bertz CT molecular complexity index is 1050. The van der Waals surface area contributed by atoms with Crippen molar-refractivity contribution < 1.29 is 14.3 Å². The maximum absolute atomic E-state index is 11.2. The Labute approximate surface area is 195 Å². The van der Waals surface area contributed by atoms with Gasteiger partial charge in [0.1, 0.15) is 0 Å². The number of piperazine rings is 1. The molecule has 3 heterocycles. The third-order valence-corrected chi connectivity index (χ3v) is 6.17. The Morgan fingerprint density at radius 3 is 2.64 bits per heavy atom. The van der Waals surface area contributed by atoms with Crippen molar-refractivity contribution in [3.63, 3.8) is 0 Å². The number of hydrogen-bond acceptors (Lipinski definition) is 6. The number of carboxylic acids is 1. The molecule has 0 bridgehead atoms. The summed E-state index contributed by atoms with van der Waals surface area (Å²) in [4.78, 5) is 25.3. The topological polar surface area (TPSA) is 82.7 Å². The molecular formula is C26H32N4O3. The van der Waals surface area contributed by atoms with E-state index in [4.69, 9.17) is 9.52 Å². The minimum absolute atomic E-state index is 0.0632. The monoisotopic (exact) mass is 448 g/mol.